The molecule has 104 valence electrons. The standard InChI is InChI=1S/C11H8F2N4O3/c1-14-11-15-5-7(13)10(16-11)20-9-4-6(12)2-3-8(9)17(18)19/h2-5H,1H3,(H,14,15,16). The topological polar surface area (TPSA) is 90.2 Å². The molecular formula is C11H8F2N4O3. The SMILES string of the molecule is CNc1ncc(F)c(Oc2cc(F)ccc2[N+](=O)[O-])n1. The number of anilines is 1. The highest BCUT2D eigenvalue weighted by Gasteiger charge is 2.19. The second-order valence-corrected chi connectivity index (χ2v) is 3.57. The molecule has 2 aromatic rings. The molecule has 0 fully saturated rings. The fourth-order valence-electron chi connectivity index (χ4n) is 1.37. The van der Waals surface area contributed by atoms with Crippen molar-refractivity contribution in [2.45, 2.75) is 0 Å². The van der Waals surface area contributed by atoms with Gasteiger partial charge in [-0.15, -0.1) is 0 Å². The van der Waals surface area contributed by atoms with Crippen LogP contribution >= 0.6 is 0 Å². The van der Waals surface area contributed by atoms with Crippen LogP contribution in [-0.4, -0.2) is 21.9 Å². The molecule has 0 radical (unpaired) electrons. The normalized spacial score (nSPS) is 10.2. The third-order valence-corrected chi connectivity index (χ3v) is 2.26. The van der Waals surface area contributed by atoms with E-state index in [0.29, 0.717) is 0 Å². The Balaban J connectivity index is 2.43. The fraction of sp³-hybridized carbons (Fsp3) is 0.0909. The first kappa shape index (κ1) is 13.6. The lowest BCUT2D eigenvalue weighted by Crippen LogP contribution is -2.01. The van der Waals surface area contributed by atoms with Gasteiger partial charge in [0.25, 0.3) is 5.88 Å². The van der Waals surface area contributed by atoms with Gasteiger partial charge < -0.3 is 10.1 Å². The molecule has 1 aromatic heterocycles. The maximum atomic E-state index is 13.5. The van der Waals surface area contributed by atoms with Crippen LogP contribution in [0.3, 0.4) is 0 Å². The first-order chi connectivity index (χ1) is 9.51. The summed E-state index contributed by atoms with van der Waals surface area (Å²) in [5, 5.41) is 13.3. The van der Waals surface area contributed by atoms with Crippen molar-refractivity contribution in [3.05, 3.63) is 46.1 Å². The monoisotopic (exact) mass is 282 g/mol. The van der Waals surface area contributed by atoms with Gasteiger partial charge in [-0.1, -0.05) is 0 Å². The molecule has 0 aliphatic carbocycles. The Hall–Kier alpha value is -2.84. The molecular weight excluding hydrogens is 274 g/mol. The molecule has 0 saturated heterocycles. The second-order valence-electron chi connectivity index (χ2n) is 3.57. The first-order valence-electron chi connectivity index (χ1n) is 5.33. The van der Waals surface area contributed by atoms with Crippen LogP contribution in [0.2, 0.25) is 0 Å². The van der Waals surface area contributed by atoms with Gasteiger partial charge in [-0.2, -0.15) is 9.37 Å². The van der Waals surface area contributed by atoms with Crippen molar-refractivity contribution < 1.29 is 18.4 Å². The minimum Gasteiger partial charge on any atom is -0.429 e. The Morgan fingerprint density at radius 1 is 1.40 bits per heavy atom. The maximum absolute atomic E-state index is 13.5. The van der Waals surface area contributed by atoms with E-state index in [2.05, 4.69) is 15.3 Å². The summed E-state index contributed by atoms with van der Waals surface area (Å²) in [4.78, 5) is 17.3. The van der Waals surface area contributed by atoms with Crippen molar-refractivity contribution >= 4 is 11.6 Å². The first-order valence-corrected chi connectivity index (χ1v) is 5.33. The maximum Gasteiger partial charge on any atom is 0.311 e. The van der Waals surface area contributed by atoms with Crippen LogP contribution in [0.15, 0.2) is 24.4 Å². The summed E-state index contributed by atoms with van der Waals surface area (Å²) in [6.07, 6.45) is 0.833. The number of hydrogen-bond acceptors (Lipinski definition) is 6. The van der Waals surface area contributed by atoms with E-state index in [1.165, 1.54) is 7.05 Å². The highest BCUT2D eigenvalue weighted by atomic mass is 19.1. The summed E-state index contributed by atoms with van der Waals surface area (Å²) in [6.45, 7) is 0. The highest BCUT2D eigenvalue weighted by Crippen LogP contribution is 2.32. The van der Waals surface area contributed by atoms with Crippen LogP contribution in [0, 0.1) is 21.7 Å². The highest BCUT2D eigenvalue weighted by molar-refractivity contribution is 5.48. The fourth-order valence-corrected chi connectivity index (χ4v) is 1.37. The molecule has 7 nitrogen and oxygen atoms in total. The number of nitro benzene ring substituents is 1. The largest absolute Gasteiger partial charge is 0.429 e. The number of hydrogen-bond donors (Lipinski definition) is 1. The zero-order chi connectivity index (χ0) is 14.7. The minimum absolute atomic E-state index is 0.0560. The molecule has 0 saturated carbocycles. The van der Waals surface area contributed by atoms with Gasteiger partial charge in [0.05, 0.1) is 11.1 Å². The Labute approximate surface area is 111 Å². The van der Waals surface area contributed by atoms with Crippen molar-refractivity contribution in [1.82, 2.24) is 9.97 Å². The third kappa shape index (κ3) is 2.76. The van der Waals surface area contributed by atoms with Crippen LogP contribution in [0.5, 0.6) is 11.6 Å². The summed E-state index contributed by atoms with van der Waals surface area (Å²) in [6, 6.07) is 2.60. The molecule has 0 bridgehead atoms. The molecule has 9 heteroatoms. The number of nitro groups is 1. The van der Waals surface area contributed by atoms with Crippen molar-refractivity contribution in [1.29, 1.82) is 0 Å². The number of benzene rings is 1. The van der Waals surface area contributed by atoms with E-state index in [1.807, 2.05) is 0 Å². The number of rotatable bonds is 4. The summed E-state index contributed by atoms with van der Waals surface area (Å²) < 4.78 is 31.6. The van der Waals surface area contributed by atoms with Gasteiger partial charge in [-0.25, -0.2) is 9.37 Å². The molecule has 2 rings (SSSR count). The lowest BCUT2D eigenvalue weighted by molar-refractivity contribution is -0.385. The van der Waals surface area contributed by atoms with Gasteiger partial charge in [-0.05, 0) is 6.07 Å². The molecule has 0 aliphatic rings. The summed E-state index contributed by atoms with van der Waals surface area (Å²) in [7, 11) is 1.50. The summed E-state index contributed by atoms with van der Waals surface area (Å²) in [5.74, 6) is -2.62. The van der Waals surface area contributed by atoms with Crippen LogP contribution in [0.1, 0.15) is 0 Å². The average molecular weight is 282 g/mol. The summed E-state index contributed by atoms with van der Waals surface area (Å²) >= 11 is 0. The van der Waals surface area contributed by atoms with E-state index in [9.17, 15) is 18.9 Å². The number of aromatic nitrogens is 2. The van der Waals surface area contributed by atoms with Gasteiger partial charge >= 0.3 is 5.69 Å². The number of nitrogens with zero attached hydrogens (tertiary/aromatic N) is 3. The van der Waals surface area contributed by atoms with Gasteiger partial charge in [0, 0.05) is 19.2 Å². The van der Waals surface area contributed by atoms with Crippen molar-refractivity contribution in [2.24, 2.45) is 0 Å². The van der Waals surface area contributed by atoms with E-state index >= 15 is 0 Å². The van der Waals surface area contributed by atoms with Gasteiger partial charge in [0.1, 0.15) is 5.82 Å². The van der Waals surface area contributed by atoms with Gasteiger partial charge in [0.15, 0.2) is 0 Å². The minimum atomic E-state index is -0.928. The Kier molecular flexibility index (Phi) is 3.69. The molecule has 0 aliphatic heterocycles. The van der Waals surface area contributed by atoms with E-state index in [1.54, 1.807) is 0 Å². The molecule has 0 amide bonds. The van der Waals surface area contributed by atoms with Crippen molar-refractivity contribution in [2.75, 3.05) is 12.4 Å². The van der Waals surface area contributed by atoms with E-state index in [-0.39, 0.29) is 5.95 Å². The lowest BCUT2D eigenvalue weighted by Gasteiger charge is -2.07. The van der Waals surface area contributed by atoms with Gasteiger partial charge in [-0.3, -0.25) is 10.1 Å². The predicted molar refractivity (Wildman–Crippen MR) is 64.7 cm³/mol. The van der Waals surface area contributed by atoms with Crippen molar-refractivity contribution in [3.63, 3.8) is 0 Å². The number of halogens is 2. The zero-order valence-corrected chi connectivity index (χ0v) is 10.1. The Bertz CT molecular complexity index is 666. The molecule has 0 atom stereocenters. The quantitative estimate of drug-likeness (QED) is 0.684. The molecule has 1 N–H and O–H groups in total. The van der Waals surface area contributed by atoms with Crippen LogP contribution in [0.25, 0.3) is 0 Å². The number of ether oxygens (including phenoxy) is 1. The van der Waals surface area contributed by atoms with Crippen LogP contribution in [0.4, 0.5) is 20.4 Å². The summed E-state index contributed by atoms with van der Waals surface area (Å²) in [5.41, 5.74) is -0.504. The van der Waals surface area contributed by atoms with Crippen LogP contribution in [-0.2, 0) is 0 Å². The predicted octanol–water partition coefficient (Wildman–Crippen LogP) is 2.50. The second kappa shape index (κ2) is 5.43. The molecule has 1 heterocycles. The zero-order valence-electron chi connectivity index (χ0n) is 10.1. The van der Waals surface area contributed by atoms with E-state index in [0.717, 1.165) is 24.4 Å². The van der Waals surface area contributed by atoms with E-state index in [4.69, 9.17) is 4.74 Å². The van der Waals surface area contributed by atoms with Crippen molar-refractivity contribution in [3.8, 4) is 11.6 Å². The Morgan fingerprint density at radius 2 is 2.15 bits per heavy atom. The van der Waals surface area contributed by atoms with Gasteiger partial charge in [0.2, 0.25) is 17.5 Å². The molecule has 1 aromatic carbocycles. The Morgan fingerprint density at radius 3 is 2.80 bits per heavy atom. The number of nitrogens with one attached hydrogen (secondary N) is 1. The smallest absolute Gasteiger partial charge is 0.311 e. The molecule has 20 heavy (non-hydrogen) atoms. The molecule has 0 unspecified atom stereocenters. The molecule has 0 spiro atoms. The van der Waals surface area contributed by atoms with E-state index < -0.39 is 33.9 Å². The lowest BCUT2D eigenvalue weighted by atomic mass is 10.3. The average Bonchev–Trinajstić information content (AvgIpc) is 2.41. The third-order valence-electron chi connectivity index (χ3n) is 2.26. The van der Waals surface area contributed by atoms with Crippen LogP contribution < -0.4 is 10.1 Å².